The van der Waals surface area contributed by atoms with E-state index in [9.17, 15) is 24.0 Å². The fourth-order valence-electron chi connectivity index (χ4n) is 6.69. The molecule has 3 aliphatic rings. The molecule has 2 saturated heterocycles. The number of piperidine rings is 2. The van der Waals surface area contributed by atoms with Crippen LogP contribution in [0.25, 0.3) is 11.3 Å². The van der Waals surface area contributed by atoms with Gasteiger partial charge in [-0.15, -0.1) is 0 Å². The number of fused-ring (bicyclic) bond motifs is 1. The number of aromatic nitrogens is 1. The van der Waals surface area contributed by atoms with Gasteiger partial charge in [0.05, 0.1) is 22.4 Å². The van der Waals surface area contributed by atoms with Crippen molar-refractivity contribution in [3.05, 3.63) is 113 Å². The van der Waals surface area contributed by atoms with Crippen molar-refractivity contribution in [2.45, 2.75) is 44.2 Å². The number of nitrogens with zero attached hydrogens (tertiary/aromatic N) is 3. The van der Waals surface area contributed by atoms with E-state index in [-0.39, 0.29) is 29.9 Å². The van der Waals surface area contributed by atoms with Gasteiger partial charge in [-0.25, -0.2) is 0 Å². The monoisotopic (exact) mass is 643 g/mol. The second-order valence-corrected chi connectivity index (χ2v) is 12.3. The molecule has 1 aromatic heterocycles. The molecule has 3 aromatic carbocycles. The van der Waals surface area contributed by atoms with Gasteiger partial charge in [-0.3, -0.25) is 44.1 Å². The molecule has 1 unspecified atom stereocenters. The van der Waals surface area contributed by atoms with Crippen LogP contribution in [0.5, 0.6) is 11.5 Å². The molecular weight excluding hydrogens is 610 g/mol. The van der Waals surface area contributed by atoms with Gasteiger partial charge in [0.15, 0.2) is 0 Å². The zero-order valence-corrected chi connectivity index (χ0v) is 26.1. The number of benzene rings is 3. The molecule has 3 N–H and O–H groups in total. The third-order valence-corrected chi connectivity index (χ3v) is 9.21. The number of imide groups is 2. The van der Waals surface area contributed by atoms with E-state index in [0.717, 1.165) is 53.4 Å². The molecule has 2 fully saturated rings. The molecule has 0 radical (unpaired) electrons. The Balaban J connectivity index is 1.01. The lowest BCUT2D eigenvalue weighted by atomic mass is 9.91. The first-order valence-electron chi connectivity index (χ1n) is 16.0. The molecule has 11 nitrogen and oxygen atoms in total. The zero-order valence-electron chi connectivity index (χ0n) is 26.1. The van der Waals surface area contributed by atoms with Gasteiger partial charge in [0.1, 0.15) is 17.5 Å². The maximum Gasteiger partial charge on any atom is 0.262 e. The van der Waals surface area contributed by atoms with Crippen LogP contribution in [0.2, 0.25) is 0 Å². The third-order valence-electron chi connectivity index (χ3n) is 9.21. The van der Waals surface area contributed by atoms with Crippen molar-refractivity contribution in [2.24, 2.45) is 5.73 Å². The number of rotatable bonds is 8. The van der Waals surface area contributed by atoms with Crippen LogP contribution in [0.3, 0.4) is 0 Å². The highest BCUT2D eigenvalue weighted by atomic mass is 16.5. The number of pyridine rings is 1. The summed E-state index contributed by atoms with van der Waals surface area (Å²) in [5.41, 5.74) is 9.73. The molecule has 4 heterocycles. The van der Waals surface area contributed by atoms with E-state index in [4.69, 9.17) is 15.5 Å². The van der Waals surface area contributed by atoms with Gasteiger partial charge in [-0.2, -0.15) is 0 Å². The second-order valence-electron chi connectivity index (χ2n) is 12.3. The smallest absolute Gasteiger partial charge is 0.262 e. The number of para-hydroxylation sites is 1. The summed E-state index contributed by atoms with van der Waals surface area (Å²) < 4.78 is 5.91. The second kappa shape index (κ2) is 12.8. The van der Waals surface area contributed by atoms with Crippen molar-refractivity contribution < 1.29 is 28.7 Å². The number of amides is 5. The number of ether oxygens (including phenoxy) is 1. The molecule has 242 valence electrons. The number of likely N-dealkylation sites (tertiary alicyclic amines) is 1. The molecule has 0 saturated carbocycles. The van der Waals surface area contributed by atoms with Crippen LogP contribution in [0.15, 0.2) is 84.9 Å². The van der Waals surface area contributed by atoms with Crippen LogP contribution in [0.1, 0.15) is 73.9 Å². The van der Waals surface area contributed by atoms with E-state index in [2.05, 4.69) is 10.2 Å². The first-order valence-corrected chi connectivity index (χ1v) is 16.0. The van der Waals surface area contributed by atoms with Gasteiger partial charge < -0.3 is 10.5 Å². The Hall–Kier alpha value is -5.68. The number of hydrogen-bond acceptors (Lipinski definition) is 8. The summed E-state index contributed by atoms with van der Waals surface area (Å²) in [6.45, 7) is 2.17. The summed E-state index contributed by atoms with van der Waals surface area (Å²) in [5.74, 6) is -1.01. The van der Waals surface area contributed by atoms with Gasteiger partial charge in [0, 0.05) is 30.1 Å². The maximum absolute atomic E-state index is 13.2. The zero-order chi connectivity index (χ0) is 33.4. The highest BCUT2D eigenvalue weighted by molar-refractivity contribution is 6.23. The number of hydrogen-bond donors (Lipinski definition) is 2. The lowest BCUT2D eigenvalue weighted by molar-refractivity contribution is -0.136. The van der Waals surface area contributed by atoms with Gasteiger partial charge >= 0.3 is 0 Å². The minimum atomic E-state index is -0.989. The molecular formula is C37H33N5O6. The molecule has 11 heteroatoms. The van der Waals surface area contributed by atoms with E-state index in [1.807, 2.05) is 66.7 Å². The van der Waals surface area contributed by atoms with Crippen molar-refractivity contribution in [1.29, 1.82) is 0 Å². The van der Waals surface area contributed by atoms with Crippen LogP contribution in [0, 0.1) is 0 Å². The normalized spacial score (nSPS) is 18.5. The van der Waals surface area contributed by atoms with Crippen LogP contribution in [-0.2, 0) is 16.1 Å². The van der Waals surface area contributed by atoms with Gasteiger partial charge in [0.2, 0.25) is 11.8 Å². The van der Waals surface area contributed by atoms with E-state index in [1.165, 1.54) is 0 Å². The average molecular weight is 644 g/mol. The topological polar surface area (TPSA) is 152 Å². The Bertz CT molecular complexity index is 1940. The minimum absolute atomic E-state index is 0.0782. The molecule has 3 aliphatic heterocycles. The minimum Gasteiger partial charge on any atom is -0.457 e. The van der Waals surface area contributed by atoms with Crippen LogP contribution in [-0.4, -0.2) is 63.5 Å². The average Bonchev–Trinajstić information content (AvgIpc) is 3.34. The summed E-state index contributed by atoms with van der Waals surface area (Å²) in [6, 6.07) is 24.8. The molecule has 7 rings (SSSR count). The Morgan fingerprint density at radius 2 is 1.54 bits per heavy atom. The summed E-state index contributed by atoms with van der Waals surface area (Å²) in [6.07, 6.45) is 1.89. The fraction of sp³-hybridized carbons (Fsp3) is 0.243. The Morgan fingerprint density at radius 3 is 2.25 bits per heavy atom. The lowest BCUT2D eigenvalue weighted by Crippen LogP contribution is -2.54. The van der Waals surface area contributed by atoms with Crippen molar-refractivity contribution in [1.82, 2.24) is 20.1 Å². The maximum atomic E-state index is 13.2. The molecule has 0 bridgehead atoms. The SMILES string of the molecule is NC(=O)c1ccc(C2CCN(Cc3ccc4c(c3)C(=O)N(C3CCC(=O)NC3=O)C4=O)CC2)nc1-c1ccc(Oc2ccccc2)cc1. The van der Waals surface area contributed by atoms with Gasteiger partial charge in [-0.05, 0) is 98.6 Å². The predicted molar refractivity (Wildman–Crippen MR) is 175 cm³/mol. The highest BCUT2D eigenvalue weighted by Gasteiger charge is 2.44. The van der Waals surface area contributed by atoms with Crippen molar-refractivity contribution in [3.8, 4) is 22.8 Å². The Morgan fingerprint density at radius 1 is 0.833 bits per heavy atom. The quantitative estimate of drug-likeness (QED) is 0.268. The molecule has 0 spiro atoms. The Kier molecular flexibility index (Phi) is 8.28. The van der Waals surface area contributed by atoms with Crippen LogP contribution >= 0.6 is 0 Å². The third kappa shape index (κ3) is 6.07. The van der Waals surface area contributed by atoms with E-state index in [1.54, 1.807) is 18.2 Å². The van der Waals surface area contributed by atoms with E-state index < -0.39 is 35.6 Å². The first-order chi connectivity index (χ1) is 23.2. The lowest BCUT2D eigenvalue weighted by Gasteiger charge is -2.32. The molecule has 48 heavy (non-hydrogen) atoms. The van der Waals surface area contributed by atoms with E-state index >= 15 is 0 Å². The predicted octanol–water partition coefficient (Wildman–Crippen LogP) is 4.42. The number of carbonyl (C=O) groups is 5. The summed E-state index contributed by atoms with van der Waals surface area (Å²) in [4.78, 5) is 70.8. The first kappa shape index (κ1) is 30.9. The highest BCUT2D eigenvalue weighted by Crippen LogP contribution is 2.33. The number of nitrogens with two attached hydrogens (primary N) is 1. The Labute approximate surface area is 276 Å². The largest absolute Gasteiger partial charge is 0.457 e. The summed E-state index contributed by atoms with van der Waals surface area (Å²) in [5, 5.41) is 2.22. The van der Waals surface area contributed by atoms with Crippen molar-refractivity contribution >= 4 is 29.5 Å². The molecule has 0 aliphatic carbocycles. The molecule has 5 amide bonds. The number of nitrogens with one attached hydrogen (secondary N) is 1. The fourth-order valence-corrected chi connectivity index (χ4v) is 6.69. The van der Waals surface area contributed by atoms with Crippen molar-refractivity contribution in [2.75, 3.05) is 13.1 Å². The molecule has 4 aromatic rings. The standard InChI is InChI=1S/C37H33N5O6/c38-34(44)28-12-13-30(39-33(28)24-7-9-26(10-8-24)48-25-4-2-1-3-5-25)23-16-18-41(19-17-23)21-22-6-11-27-29(20-22)37(47)42(36(27)46)31-14-15-32(43)40-35(31)45/h1-13,20,23,31H,14-19,21H2,(H2,38,44)(H,40,43,45). The summed E-state index contributed by atoms with van der Waals surface area (Å²) in [7, 11) is 0. The summed E-state index contributed by atoms with van der Waals surface area (Å²) >= 11 is 0. The van der Waals surface area contributed by atoms with E-state index in [0.29, 0.717) is 23.6 Å². The van der Waals surface area contributed by atoms with Crippen LogP contribution < -0.4 is 15.8 Å². The van der Waals surface area contributed by atoms with Crippen LogP contribution in [0.4, 0.5) is 0 Å². The number of carbonyl (C=O) groups excluding carboxylic acids is 5. The number of primary amides is 1. The van der Waals surface area contributed by atoms with Crippen molar-refractivity contribution in [3.63, 3.8) is 0 Å². The van der Waals surface area contributed by atoms with Gasteiger partial charge in [-0.1, -0.05) is 24.3 Å². The molecule has 1 atom stereocenters. The van der Waals surface area contributed by atoms with Gasteiger partial charge in [0.25, 0.3) is 17.7 Å².